The van der Waals surface area contributed by atoms with E-state index in [1.807, 2.05) is 12.1 Å². The molecule has 0 aliphatic rings. The third-order valence-electron chi connectivity index (χ3n) is 8.77. The second-order valence-corrected chi connectivity index (χ2v) is 12.8. The monoisotopic (exact) mass is 592 g/mol. The maximum Gasteiger partial charge on any atom is 0.0417 e. The lowest BCUT2D eigenvalue weighted by Gasteiger charge is -2.17. The van der Waals surface area contributed by atoms with E-state index >= 15 is 0 Å². The van der Waals surface area contributed by atoms with Crippen molar-refractivity contribution in [1.82, 2.24) is 0 Å². The quantitative estimate of drug-likeness (QED) is 0.0969. The molecule has 0 fully saturated rings. The van der Waals surface area contributed by atoms with Crippen molar-refractivity contribution in [2.45, 2.75) is 174 Å². The van der Waals surface area contributed by atoms with Crippen molar-refractivity contribution in [2.24, 2.45) is 5.92 Å². The molecular formula is C41H67O2-. The maximum atomic E-state index is 11.1. The van der Waals surface area contributed by atoms with Crippen LogP contribution >= 0.6 is 0 Å². The normalized spacial score (nSPS) is 11.6. The standard InChI is InChI=1S/C29H58O2.C12H10/c1-3-5-7-9-11-13-15-16-18-20-22-24-26-28(27-29(30)31)25-23-21-19-17-14-12-10-8-6-4-2;1-3-7-11(8-4-1)12-9-5-2-6-10-12/h28H,3-27H2,1-2H3,(H,30,31);1-10H/p-1. The van der Waals surface area contributed by atoms with E-state index in [0.717, 1.165) is 12.8 Å². The summed E-state index contributed by atoms with van der Waals surface area (Å²) < 4.78 is 0. The first-order valence-corrected chi connectivity index (χ1v) is 18.5. The number of aliphatic carboxylic acids is 1. The number of hydrogen-bond acceptors (Lipinski definition) is 2. The van der Waals surface area contributed by atoms with Gasteiger partial charge in [0, 0.05) is 5.97 Å². The second-order valence-electron chi connectivity index (χ2n) is 12.8. The fraction of sp³-hybridized carbons (Fsp3) is 0.683. The van der Waals surface area contributed by atoms with Gasteiger partial charge in [-0.1, -0.05) is 229 Å². The van der Waals surface area contributed by atoms with Gasteiger partial charge in [-0.3, -0.25) is 0 Å². The average Bonchev–Trinajstić information content (AvgIpc) is 3.03. The third kappa shape index (κ3) is 25.0. The number of rotatable bonds is 27. The van der Waals surface area contributed by atoms with Crippen LogP contribution in [0.25, 0.3) is 11.1 Å². The summed E-state index contributed by atoms with van der Waals surface area (Å²) >= 11 is 0. The highest BCUT2D eigenvalue weighted by Crippen LogP contribution is 2.22. The molecule has 2 aromatic rings. The summed E-state index contributed by atoms with van der Waals surface area (Å²) in [5.74, 6) is -0.502. The minimum Gasteiger partial charge on any atom is -0.550 e. The van der Waals surface area contributed by atoms with E-state index in [1.54, 1.807) is 0 Å². The summed E-state index contributed by atoms with van der Waals surface area (Å²) in [5.41, 5.74) is 2.55. The Kier molecular flexibility index (Phi) is 27.1. The highest BCUT2D eigenvalue weighted by Gasteiger charge is 2.09. The van der Waals surface area contributed by atoms with E-state index in [9.17, 15) is 9.90 Å². The molecule has 0 bridgehead atoms. The molecule has 43 heavy (non-hydrogen) atoms. The van der Waals surface area contributed by atoms with Crippen LogP contribution in [0.2, 0.25) is 0 Å². The molecule has 2 aromatic carbocycles. The Labute approximate surface area is 267 Å². The molecule has 0 spiro atoms. The van der Waals surface area contributed by atoms with Crippen LogP contribution < -0.4 is 5.11 Å². The highest BCUT2D eigenvalue weighted by molar-refractivity contribution is 5.64. The highest BCUT2D eigenvalue weighted by atomic mass is 16.4. The van der Waals surface area contributed by atoms with Gasteiger partial charge in [-0.2, -0.15) is 0 Å². The van der Waals surface area contributed by atoms with Gasteiger partial charge < -0.3 is 9.90 Å². The Morgan fingerprint density at radius 2 is 0.744 bits per heavy atom. The molecule has 0 N–H and O–H groups in total. The number of benzene rings is 2. The first-order chi connectivity index (χ1) is 21.2. The second kappa shape index (κ2) is 30.0. The predicted octanol–water partition coefficient (Wildman–Crippen LogP) is 12.5. The van der Waals surface area contributed by atoms with Crippen LogP contribution in [0.15, 0.2) is 60.7 Å². The summed E-state index contributed by atoms with van der Waals surface area (Å²) in [6.07, 6.45) is 32.3. The molecule has 0 aromatic heterocycles. The molecule has 0 radical (unpaired) electrons. The van der Waals surface area contributed by atoms with Gasteiger partial charge in [-0.05, 0) is 23.5 Å². The molecule has 244 valence electrons. The van der Waals surface area contributed by atoms with Crippen molar-refractivity contribution in [3.8, 4) is 11.1 Å². The summed E-state index contributed by atoms with van der Waals surface area (Å²) in [4.78, 5) is 11.1. The van der Waals surface area contributed by atoms with Crippen molar-refractivity contribution in [3.05, 3.63) is 60.7 Å². The average molecular weight is 592 g/mol. The van der Waals surface area contributed by atoms with Gasteiger partial charge in [0.2, 0.25) is 0 Å². The van der Waals surface area contributed by atoms with E-state index < -0.39 is 5.97 Å². The molecular weight excluding hydrogens is 524 g/mol. The van der Waals surface area contributed by atoms with Gasteiger partial charge >= 0.3 is 0 Å². The first-order valence-electron chi connectivity index (χ1n) is 18.5. The van der Waals surface area contributed by atoms with Gasteiger partial charge in [0.1, 0.15) is 0 Å². The van der Waals surface area contributed by atoms with Gasteiger partial charge in [-0.25, -0.2) is 0 Å². The maximum absolute atomic E-state index is 11.1. The SMILES string of the molecule is CCCCCCCCCCCCCCC(CCCCCCCCCCCC)CC(=O)[O-].c1ccc(-c2ccccc2)cc1. The van der Waals surface area contributed by atoms with Crippen LogP contribution in [0.4, 0.5) is 0 Å². The Hall–Kier alpha value is -2.09. The Bertz CT molecular complexity index is 794. The number of carboxylic acid groups (broad SMARTS) is 1. The van der Waals surface area contributed by atoms with Crippen LogP contribution in [0.1, 0.15) is 174 Å². The van der Waals surface area contributed by atoms with Crippen molar-refractivity contribution in [2.75, 3.05) is 0 Å². The van der Waals surface area contributed by atoms with Gasteiger partial charge in [-0.15, -0.1) is 0 Å². The number of unbranched alkanes of at least 4 members (excludes halogenated alkanes) is 20. The smallest absolute Gasteiger partial charge is 0.0417 e. The van der Waals surface area contributed by atoms with Crippen LogP contribution in [0.3, 0.4) is 0 Å². The Morgan fingerprint density at radius 1 is 0.465 bits per heavy atom. The fourth-order valence-electron chi connectivity index (χ4n) is 6.04. The van der Waals surface area contributed by atoms with Crippen LogP contribution in [0.5, 0.6) is 0 Å². The molecule has 0 heterocycles. The van der Waals surface area contributed by atoms with E-state index in [0.29, 0.717) is 5.92 Å². The summed E-state index contributed by atoms with van der Waals surface area (Å²) in [7, 11) is 0. The molecule has 0 amide bonds. The fourth-order valence-corrected chi connectivity index (χ4v) is 6.04. The van der Waals surface area contributed by atoms with E-state index in [-0.39, 0.29) is 6.42 Å². The molecule has 2 rings (SSSR count). The number of carbonyl (C=O) groups excluding carboxylic acids is 1. The molecule has 1 unspecified atom stereocenters. The predicted molar refractivity (Wildman–Crippen MR) is 187 cm³/mol. The molecule has 0 aliphatic heterocycles. The molecule has 0 aliphatic carbocycles. The summed E-state index contributed by atoms with van der Waals surface area (Å²) in [6, 6.07) is 20.8. The minimum atomic E-state index is -0.851. The Morgan fingerprint density at radius 3 is 1.02 bits per heavy atom. The van der Waals surface area contributed by atoms with Crippen LogP contribution in [-0.2, 0) is 4.79 Å². The van der Waals surface area contributed by atoms with Crippen molar-refractivity contribution >= 4 is 5.97 Å². The third-order valence-corrected chi connectivity index (χ3v) is 8.77. The number of carbonyl (C=O) groups is 1. The zero-order chi connectivity index (χ0) is 31.1. The van der Waals surface area contributed by atoms with Crippen LogP contribution in [0, 0.1) is 5.92 Å². The first kappa shape index (κ1) is 38.9. The lowest BCUT2D eigenvalue weighted by Crippen LogP contribution is -2.25. The minimum absolute atomic E-state index is 0.273. The van der Waals surface area contributed by atoms with E-state index in [4.69, 9.17) is 0 Å². The molecule has 2 heteroatoms. The Balaban J connectivity index is 0.000000628. The number of carboxylic acids is 1. The number of hydrogen-bond donors (Lipinski definition) is 0. The van der Waals surface area contributed by atoms with Gasteiger partial charge in [0.25, 0.3) is 0 Å². The van der Waals surface area contributed by atoms with E-state index in [1.165, 1.54) is 152 Å². The molecule has 0 saturated carbocycles. The van der Waals surface area contributed by atoms with Crippen molar-refractivity contribution in [1.29, 1.82) is 0 Å². The lowest BCUT2D eigenvalue weighted by molar-refractivity contribution is -0.306. The molecule has 2 nitrogen and oxygen atoms in total. The van der Waals surface area contributed by atoms with Crippen LogP contribution in [-0.4, -0.2) is 5.97 Å². The van der Waals surface area contributed by atoms with Gasteiger partial charge in [0.05, 0.1) is 0 Å². The zero-order valence-corrected chi connectivity index (χ0v) is 28.3. The lowest BCUT2D eigenvalue weighted by atomic mass is 9.91. The molecule has 0 saturated heterocycles. The zero-order valence-electron chi connectivity index (χ0n) is 28.3. The van der Waals surface area contributed by atoms with Crippen molar-refractivity contribution < 1.29 is 9.90 Å². The summed E-state index contributed by atoms with van der Waals surface area (Å²) in [6.45, 7) is 4.55. The largest absolute Gasteiger partial charge is 0.550 e. The van der Waals surface area contributed by atoms with Crippen molar-refractivity contribution in [3.63, 3.8) is 0 Å². The summed E-state index contributed by atoms with van der Waals surface area (Å²) in [5, 5.41) is 11.1. The van der Waals surface area contributed by atoms with Gasteiger partial charge in [0.15, 0.2) is 0 Å². The topological polar surface area (TPSA) is 40.1 Å². The molecule has 1 atom stereocenters. The van der Waals surface area contributed by atoms with E-state index in [2.05, 4.69) is 62.4 Å².